The Kier molecular flexibility index (Phi) is 5.67. The number of carbonyl (C=O) groups excluding carboxylic acids is 1. The Morgan fingerprint density at radius 2 is 1.67 bits per heavy atom. The molecule has 1 fully saturated rings. The summed E-state index contributed by atoms with van der Waals surface area (Å²) in [5.74, 6) is 1.20. The summed E-state index contributed by atoms with van der Waals surface area (Å²) >= 11 is 0. The van der Waals surface area contributed by atoms with Crippen molar-refractivity contribution < 1.29 is 4.79 Å². The van der Waals surface area contributed by atoms with Gasteiger partial charge in [0.2, 0.25) is 5.95 Å². The number of anilines is 4. The lowest BCUT2D eigenvalue weighted by atomic mass is 10.2. The van der Waals surface area contributed by atoms with Gasteiger partial charge in [-0.15, -0.1) is 5.10 Å². The average molecular weight is 441 g/mol. The van der Waals surface area contributed by atoms with Crippen molar-refractivity contribution in [3.05, 3.63) is 78.2 Å². The number of hydrogen-bond donors (Lipinski definition) is 2. The Hall–Kier alpha value is -4.27. The van der Waals surface area contributed by atoms with Crippen molar-refractivity contribution in [2.45, 2.75) is 19.8 Å². The molecule has 0 radical (unpaired) electrons. The van der Waals surface area contributed by atoms with Crippen LogP contribution in [0.5, 0.6) is 0 Å². The van der Waals surface area contributed by atoms with E-state index in [1.54, 1.807) is 0 Å². The second-order valence-corrected chi connectivity index (χ2v) is 7.90. The highest BCUT2D eigenvalue weighted by molar-refractivity contribution is 6.02. The highest BCUT2D eigenvalue weighted by Crippen LogP contribution is 2.22. The molecule has 9 heteroatoms. The minimum absolute atomic E-state index is 0.243. The summed E-state index contributed by atoms with van der Waals surface area (Å²) in [6, 6.07) is 18.8. The zero-order chi connectivity index (χ0) is 22.6. The topological polar surface area (TPSA) is 101 Å². The third-order valence-corrected chi connectivity index (χ3v) is 5.36. The van der Waals surface area contributed by atoms with E-state index in [9.17, 15) is 4.79 Å². The predicted molar refractivity (Wildman–Crippen MR) is 127 cm³/mol. The molecule has 9 nitrogen and oxygen atoms in total. The fraction of sp³-hybridized carbons (Fsp3) is 0.208. The maximum atomic E-state index is 12.6. The summed E-state index contributed by atoms with van der Waals surface area (Å²) in [6.07, 6.45) is 3.80. The summed E-state index contributed by atoms with van der Waals surface area (Å²) < 4.78 is 0. The molecule has 166 valence electrons. The maximum absolute atomic E-state index is 12.6. The number of nitrogens with zero attached hydrogens (tertiary/aromatic N) is 6. The number of carbonyl (C=O) groups is 1. The van der Waals surface area contributed by atoms with E-state index in [0.29, 0.717) is 5.69 Å². The molecule has 0 aliphatic carbocycles. The Morgan fingerprint density at radius 3 is 2.42 bits per heavy atom. The molecule has 33 heavy (non-hydrogen) atoms. The summed E-state index contributed by atoms with van der Waals surface area (Å²) in [7, 11) is 0. The van der Waals surface area contributed by atoms with Crippen LogP contribution < -0.4 is 15.5 Å². The third kappa shape index (κ3) is 4.82. The van der Waals surface area contributed by atoms with Crippen LogP contribution in [0.2, 0.25) is 0 Å². The van der Waals surface area contributed by atoms with E-state index in [1.807, 2.05) is 67.6 Å². The third-order valence-electron chi connectivity index (χ3n) is 5.36. The molecule has 4 aromatic rings. The Morgan fingerprint density at radius 1 is 0.939 bits per heavy atom. The first kappa shape index (κ1) is 20.6. The first-order chi connectivity index (χ1) is 16.1. The van der Waals surface area contributed by atoms with Crippen molar-refractivity contribution in [3.63, 3.8) is 0 Å². The number of nitrogens with one attached hydrogen (secondary N) is 2. The smallest absolute Gasteiger partial charge is 0.277 e. The van der Waals surface area contributed by atoms with Gasteiger partial charge in [0.1, 0.15) is 5.82 Å². The molecule has 0 spiro atoms. The van der Waals surface area contributed by atoms with Crippen LogP contribution in [-0.2, 0) is 0 Å². The molecule has 0 unspecified atom stereocenters. The number of aryl methyl sites for hydroxylation is 1. The molecule has 1 saturated heterocycles. The van der Waals surface area contributed by atoms with Crippen LogP contribution in [0.1, 0.15) is 29.0 Å². The Labute approximate surface area is 191 Å². The molecule has 0 atom stereocenters. The van der Waals surface area contributed by atoms with Crippen molar-refractivity contribution in [2.75, 3.05) is 28.6 Å². The second kappa shape index (κ2) is 9.07. The molecular formula is C24H24N8O. The maximum Gasteiger partial charge on any atom is 0.277 e. The molecule has 3 heterocycles. The monoisotopic (exact) mass is 440 g/mol. The second-order valence-electron chi connectivity index (χ2n) is 7.90. The number of hydrogen-bond acceptors (Lipinski definition) is 7. The van der Waals surface area contributed by atoms with E-state index >= 15 is 0 Å². The number of para-hydroxylation sites is 1. The van der Waals surface area contributed by atoms with Crippen LogP contribution in [0, 0.1) is 6.92 Å². The summed E-state index contributed by atoms with van der Waals surface area (Å²) in [4.78, 5) is 25.5. The van der Waals surface area contributed by atoms with E-state index in [-0.39, 0.29) is 11.6 Å². The van der Waals surface area contributed by atoms with Gasteiger partial charge < -0.3 is 15.5 Å². The molecule has 1 aliphatic heterocycles. The zero-order valence-electron chi connectivity index (χ0n) is 18.3. The van der Waals surface area contributed by atoms with Crippen LogP contribution in [0.4, 0.5) is 23.1 Å². The van der Waals surface area contributed by atoms with Crippen molar-refractivity contribution in [1.29, 1.82) is 0 Å². The fourth-order valence-electron chi connectivity index (χ4n) is 3.71. The van der Waals surface area contributed by atoms with Gasteiger partial charge in [-0.3, -0.25) is 4.79 Å². The van der Waals surface area contributed by atoms with Gasteiger partial charge in [-0.25, -0.2) is 4.98 Å². The summed E-state index contributed by atoms with van der Waals surface area (Å²) in [5.41, 5.74) is 3.48. The highest BCUT2D eigenvalue weighted by atomic mass is 16.2. The minimum atomic E-state index is -0.320. The number of rotatable bonds is 6. The Bertz CT molecular complexity index is 1250. The van der Waals surface area contributed by atoms with Crippen LogP contribution in [0.3, 0.4) is 0 Å². The van der Waals surface area contributed by atoms with E-state index in [4.69, 9.17) is 0 Å². The number of amides is 1. The lowest BCUT2D eigenvalue weighted by Gasteiger charge is -2.17. The molecule has 1 amide bonds. The van der Waals surface area contributed by atoms with Crippen LogP contribution in [-0.4, -0.2) is 44.0 Å². The molecule has 2 aromatic heterocycles. The molecule has 2 aromatic carbocycles. The van der Waals surface area contributed by atoms with Crippen molar-refractivity contribution in [2.24, 2.45) is 0 Å². The van der Waals surface area contributed by atoms with Gasteiger partial charge in [0.15, 0.2) is 5.69 Å². The van der Waals surface area contributed by atoms with E-state index in [2.05, 4.69) is 35.7 Å². The molecule has 0 bridgehead atoms. The van der Waals surface area contributed by atoms with Gasteiger partial charge in [0, 0.05) is 36.2 Å². The van der Waals surface area contributed by atoms with E-state index < -0.39 is 0 Å². The lowest BCUT2D eigenvalue weighted by Crippen LogP contribution is -2.21. The van der Waals surface area contributed by atoms with Crippen LogP contribution in [0.15, 0.2) is 66.9 Å². The van der Waals surface area contributed by atoms with Crippen molar-refractivity contribution >= 4 is 29.0 Å². The quantitative estimate of drug-likeness (QED) is 0.468. The van der Waals surface area contributed by atoms with E-state index in [0.717, 1.165) is 41.9 Å². The van der Waals surface area contributed by atoms with Crippen LogP contribution >= 0.6 is 0 Å². The predicted octanol–water partition coefficient (Wildman–Crippen LogP) is 3.96. The normalized spacial score (nSPS) is 13.2. The minimum Gasteiger partial charge on any atom is -0.341 e. The molecule has 0 saturated carbocycles. The summed E-state index contributed by atoms with van der Waals surface area (Å²) in [5, 5.41) is 14.6. The van der Waals surface area contributed by atoms with Gasteiger partial charge >= 0.3 is 0 Å². The van der Waals surface area contributed by atoms with Crippen molar-refractivity contribution in [1.82, 2.24) is 25.0 Å². The lowest BCUT2D eigenvalue weighted by molar-refractivity contribution is 0.102. The number of benzene rings is 2. The van der Waals surface area contributed by atoms with Gasteiger partial charge in [-0.2, -0.15) is 14.9 Å². The average Bonchev–Trinajstić information content (AvgIpc) is 3.53. The largest absolute Gasteiger partial charge is 0.341 e. The molecule has 1 aliphatic rings. The van der Waals surface area contributed by atoms with Gasteiger partial charge in [-0.1, -0.05) is 18.2 Å². The van der Waals surface area contributed by atoms with Gasteiger partial charge in [-0.05, 0) is 56.2 Å². The Balaban J connectivity index is 1.24. The van der Waals surface area contributed by atoms with E-state index in [1.165, 1.54) is 23.8 Å². The first-order valence-corrected chi connectivity index (χ1v) is 10.9. The summed E-state index contributed by atoms with van der Waals surface area (Å²) in [6.45, 7) is 3.96. The van der Waals surface area contributed by atoms with Crippen molar-refractivity contribution in [3.8, 4) is 5.69 Å². The van der Waals surface area contributed by atoms with Crippen LogP contribution in [0.25, 0.3) is 5.69 Å². The molecule has 2 N–H and O–H groups in total. The first-order valence-electron chi connectivity index (χ1n) is 10.9. The van der Waals surface area contributed by atoms with Gasteiger partial charge in [0.25, 0.3) is 5.91 Å². The standard InChI is InChI=1S/C24H24N8O/c1-17-15-22(29-24(26-17)31-13-5-6-14-31)27-18-9-11-19(12-10-18)28-23(33)21-16-25-32(30-21)20-7-3-2-4-8-20/h2-4,7-12,15-16H,5-6,13-14H2,1H3,(H,28,33)(H,26,27,29). The fourth-order valence-corrected chi connectivity index (χ4v) is 3.71. The SMILES string of the molecule is Cc1cc(Nc2ccc(NC(=O)c3cnn(-c4ccccc4)n3)cc2)nc(N2CCCC2)n1. The molecular weight excluding hydrogens is 416 g/mol. The number of aromatic nitrogens is 5. The molecule has 5 rings (SSSR count). The van der Waals surface area contributed by atoms with Gasteiger partial charge in [0.05, 0.1) is 11.9 Å². The highest BCUT2D eigenvalue weighted by Gasteiger charge is 2.16. The zero-order valence-corrected chi connectivity index (χ0v) is 18.3.